The van der Waals surface area contributed by atoms with Gasteiger partial charge in [0, 0.05) is 18.3 Å². The summed E-state index contributed by atoms with van der Waals surface area (Å²) in [5.41, 5.74) is 0.608. The highest BCUT2D eigenvalue weighted by Gasteiger charge is 2.28. The minimum absolute atomic E-state index is 0.151. The van der Waals surface area contributed by atoms with Crippen molar-refractivity contribution in [1.82, 2.24) is 14.5 Å². The minimum Gasteiger partial charge on any atom is -0.469 e. The number of nitrogens with zero attached hydrogens (tertiary/aromatic N) is 3. The Morgan fingerprint density at radius 1 is 1.38 bits per heavy atom. The Balaban J connectivity index is 2.45. The summed E-state index contributed by atoms with van der Waals surface area (Å²) in [6, 6.07) is 2.07. The topological polar surface area (TPSA) is 69.0 Å². The van der Waals surface area contributed by atoms with Crippen LogP contribution in [-0.4, -0.2) is 33.7 Å². The smallest absolute Gasteiger partial charge is 0.307 e. The molecule has 0 aliphatic heterocycles. The molecular weight excluding hydrogens is 328 g/mol. The fraction of sp³-hybridized carbons (Fsp3) is 0.588. The quantitative estimate of drug-likeness (QED) is 0.649. The highest BCUT2D eigenvalue weighted by Crippen LogP contribution is 2.30. The Morgan fingerprint density at radius 2 is 2.04 bits per heavy atom. The fourth-order valence-electron chi connectivity index (χ4n) is 2.52. The molecule has 2 heterocycles. The molecule has 0 unspecified atom stereocenters. The summed E-state index contributed by atoms with van der Waals surface area (Å²) in [5, 5.41) is 4.43. The lowest BCUT2D eigenvalue weighted by Crippen LogP contribution is -2.36. The number of anilines is 1. The molecule has 0 fully saturated rings. The Hall–Kier alpha value is -1.82. The highest BCUT2D eigenvalue weighted by molar-refractivity contribution is 6.28. The molecule has 0 saturated heterocycles. The van der Waals surface area contributed by atoms with Crippen LogP contribution < -0.4 is 5.32 Å². The van der Waals surface area contributed by atoms with Crippen LogP contribution in [0.2, 0.25) is 5.28 Å². The van der Waals surface area contributed by atoms with Crippen molar-refractivity contribution in [1.29, 1.82) is 0 Å². The van der Waals surface area contributed by atoms with Gasteiger partial charge in [0.05, 0.1) is 18.9 Å². The number of halogens is 1. The van der Waals surface area contributed by atoms with E-state index in [1.54, 1.807) is 0 Å². The van der Waals surface area contributed by atoms with E-state index >= 15 is 0 Å². The minimum atomic E-state index is -0.265. The number of carbonyl (C=O) groups is 1. The summed E-state index contributed by atoms with van der Waals surface area (Å²) in [4.78, 5) is 20.4. The number of hydrogen-bond acceptors (Lipinski definition) is 5. The van der Waals surface area contributed by atoms with Crippen molar-refractivity contribution in [3.8, 4) is 0 Å². The van der Waals surface area contributed by atoms with Crippen molar-refractivity contribution in [2.75, 3.05) is 12.4 Å². The average molecular weight is 353 g/mol. The van der Waals surface area contributed by atoms with Crippen molar-refractivity contribution in [2.24, 2.45) is 5.41 Å². The summed E-state index contributed by atoms with van der Waals surface area (Å²) in [7, 11) is 1.39. The second kappa shape index (κ2) is 6.97. The molecule has 0 aliphatic carbocycles. The predicted molar refractivity (Wildman–Crippen MR) is 96.4 cm³/mol. The molecule has 0 aromatic carbocycles. The summed E-state index contributed by atoms with van der Waals surface area (Å²) in [5.74, 6) is 0.367. The van der Waals surface area contributed by atoms with Gasteiger partial charge in [-0.3, -0.25) is 4.79 Å². The molecule has 0 spiro atoms. The van der Waals surface area contributed by atoms with Gasteiger partial charge in [0.2, 0.25) is 5.28 Å². The van der Waals surface area contributed by atoms with Gasteiger partial charge in [-0.05, 0) is 36.9 Å². The number of ether oxygens (including phenoxy) is 1. The maximum Gasteiger partial charge on any atom is 0.307 e. The molecule has 24 heavy (non-hydrogen) atoms. The molecule has 2 rings (SSSR count). The Labute approximate surface area is 147 Å². The number of methoxy groups -OCH3 is 1. The van der Waals surface area contributed by atoms with Crippen LogP contribution in [-0.2, 0) is 9.53 Å². The zero-order chi connectivity index (χ0) is 18.1. The Morgan fingerprint density at radius 3 is 2.58 bits per heavy atom. The molecule has 2 aromatic rings. The third-order valence-electron chi connectivity index (χ3n) is 4.06. The van der Waals surface area contributed by atoms with E-state index in [1.807, 2.05) is 16.8 Å². The van der Waals surface area contributed by atoms with Crippen LogP contribution >= 0.6 is 11.6 Å². The standard InChI is InChI=1S/C17H25ClN4O2/c1-10(2)22-8-7-11-14(20-16(18)21-15(11)22)19-12(17(3,4)5)9-13(23)24-6/h7-8,10,12H,9H2,1-6H3,(H,19,20,21)/t12-/m1/s1. The first-order chi connectivity index (χ1) is 11.1. The third-order valence-corrected chi connectivity index (χ3v) is 4.22. The van der Waals surface area contributed by atoms with Gasteiger partial charge < -0.3 is 14.6 Å². The van der Waals surface area contributed by atoms with Crippen LogP contribution in [0.3, 0.4) is 0 Å². The van der Waals surface area contributed by atoms with Crippen molar-refractivity contribution in [3.63, 3.8) is 0 Å². The van der Waals surface area contributed by atoms with Crippen LogP contribution in [0.25, 0.3) is 11.0 Å². The van der Waals surface area contributed by atoms with Crippen molar-refractivity contribution < 1.29 is 9.53 Å². The van der Waals surface area contributed by atoms with Crippen LogP contribution in [0, 0.1) is 5.41 Å². The second-order valence-corrected chi connectivity index (χ2v) is 7.58. The van der Waals surface area contributed by atoms with Gasteiger partial charge >= 0.3 is 5.97 Å². The number of aromatic nitrogens is 3. The number of esters is 1. The first kappa shape index (κ1) is 18.5. The monoisotopic (exact) mass is 352 g/mol. The first-order valence-electron chi connectivity index (χ1n) is 8.01. The fourth-order valence-corrected chi connectivity index (χ4v) is 2.69. The molecule has 0 bridgehead atoms. The van der Waals surface area contributed by atoms with Crippen LogP contribution in [0.4, 0.5) is 5.82 Å². The lowest BCUT2D eigenvalue weighted by Gasteiger charge is -2.31. The summed E-state index contributed by atoms with van der Waals surface area (Å²) < 4.78 is 6.86. The second-order valence-electron chi connectivity index (χ2n) is 7.24. The van der Waals surface area contributed by atoms with Crippen LogP contribution in [0.15, 0.2) is 12.3 Å². The SMILES string of the molecule is COC(=O)C[C@@H](Nc1nc(Cl)nc2c1ccn2C(C)C)C(C)(C)C. The molecular formula is C17H25ClN4O2. The number of hydrogen-bond donors (Lipinski definition) is 1. The van der Waals surface area contributed by atoms with E-state index in [2.05, 4.69) is 49.9 Å². The number of nitrogens with one attached hydrogen (secondary N) is 1. The molecule has 2 aromatic heterocycles. The van der Waals surface area contributed by atoms with E-state index in [9.17, 15) is 4.79 Å². The lowest BCUT2D eigenvalue weighted by atomic mass is 9.84. The van der Waals surface area contributed by atoms with Crippen molar-refractivity contribution >= 4 is 34.4 Å². The van der Waals surface area contributed by atoms with Crippen molar-refractivity contribution in [2.45, 2.75) is 53.1 Å². The first-order valence-corrected chi connectivity index (χ1v) is 8.38. The maximum absolute atomic E-state index is 11.8. The molecule has 1 atom stereocenters. The van der Waals surface area contributed by atoms with Crippen molar-refractivity contribution in [3.05, 3.63) is 17.5 Å². The number of rotatable bonds is 5. The summed E-state index contributed by atoms with van der Waals surface area (Å²) >= 11 is 6.12. The molecule has 0 radical (unpaired) electrons. The maximum atomic E-state index is 11.8. The average Bonchev–Trinajstić information content (AvgIpc) is 2.89. The van der Waals surface area contributed by atoms with Gasteiger partial charge in [0.1, 0.15) is 11.5 Å². The van der Waals surface area contributed by atoms with Gasteiger partial charge in [0.25, 0.3) is 0 Å². The highest BCUT2D eigenvalue weighted by atomic mass is 35.5. The van der Waals surface area contributed by atoms with Gasteiger partial charge in [0.15, 0.2) is 0 Å². The predicted octanol–water partition coefficient (Wildman–Crippen LogP) is 4.06. The molecule has 6 nitrogen and oxygen atoms in total. The van der Waals surface area contributed by atoms with E-state index < -0.39 is 0 Å². The van der Waals surface area contributed by atoms with Gasteiger partial charge in [-0.2, -0.15) is 4.98 Å². The third kappa shape index (κ3) is 3.98. The van der Waals surface area contributed by atoms with E-state index in [1.165, 1.54) is 7.11 Å². The van der Waals surface area contributed by atoms with E-state index in [-0.39, 0.29) is 35.2 Å². The molecule has 0 aliphatic rings. The van der Waals surface area contributed by atoms with Gasteiger partial charge in [-0.1, -0.05) is 20.8 Å². The zero-order valence-electron chi connectivity index (χ0n) is 15.1. The van der Waals surface area contributed by atoms with E-state index in [0.29, 0.717) is 5.82 Å². The normalized spacial score (nSPS) is 13.3. The Kier molecular flexibility index (Phi) is 5.38. The lowest BCUT2D eigenvalue weighted by molar-refractivity contribution is -0.141. The zero-order valence-corrected chi connectivity index (χ0v) is 15.8. The summed E-state index contributed by atoms with van der Waals surface area (Å²) in [6.07, 6.45) is 2.21. The van der Waals surface area contributed by atoms with E-state index in [0.717, 1.165) is 11.0 Å². The molecule has 132 valence electrons. The molecule has 0 amide bonds. The molecule has 7 heteroatoms. The van der Waals surface area contributed by atoms with Crippen LogP contribution in [0.5, 0.6) is 0 Å². The van der Waals surface area contributed by atoms with Gasteiger partial charge in [-0.15, -0.1) is 0 Å². The largest absolute Gasteiger partial charge is 0.469 e. The molecule has 1 N–H and O–H groups in total. The summed E-state index contributed by atoms with van der Waals surface area (Å²) in [6.45, 7) is 10.3. The Bertz CT molecular complexity index is 734. The van der Waals surface area contributed by atoms with Crippen LogP contribution in [0.1, 0.15) is 47.1 Å². The van der Waals surface area contributed by atoms with E-state index in [4.69, 9.17) is 16.3 Å². The number of carbonyl (C=O) groups excluding carboxylic acids is 1. The van der Waals surface area contributed by atoms with Gasteiger partial charge in [-0.25, -0.2) is 4.98 Å². The number of fused-ring (bicyclic) bond motifs is 1. The molecule has 0 saturated carbocycles.